The minimum absolute atomic E-state index is 0.0358. The summed E-state index contributed by atoms with van der Waals surface area (Å²) in [6.45, 7) is 2.41. The summed E-state index contributed by atoms with van der Waals surface area (Å²) >= 11 is 6.44. The first-order chi connectivity index (χ1) is 9.77. The van der Waals surface area contributed by atoms with E-state index >= 15 is 0 Å². The third-order valence-corrected chi connectivity index (χ3v) is 4.06. The van der Waals surface area contributed by atoms with Gasteiger partial charge in [0.25, 0.3) is 0 Å². The molecule has 2 aromatic rings. The van der Waals surface area contributed by atoms with Gasteiger partial charge in [-0.3, -0.25) is 4.79 Å². The van der Waals surface area contributed by atoms with Crippen molar-refractivity contribution in [3.8, 4) is 0 Å². The molecule has 0 saturated carbocycles. The van der Waals surface area contributed by atoms with Crippen LogP contribution in [0, 0.1) is 0 Å². The van der Waals surface area contributed by atoms with Crippen molar-refractivity contribution in [1.29, 1.82) is 0 Å². The maximum absolute atomic E-state index is 12.5. The topological polar surface area (TPSA) is 29.5 Å². The van der Waals surface area contributed by atoms with Crippen molar-refractivity contribution in [3.63, 3.8) is 0 Å². The number of hydrogen-bond acceptors (Lipinski definition) is 2. The number of fused-ring (bicyclic) bond motifs is 1. The highest BCUT2D eigenvalue weighted by atomic mass is 35.5. The molecule has 0 aromatic heterocycles. The molecule has 0 radical (unpaired) electrons. The number of carbonyl (C=O) groups excluding carboxylic acids is 1. The Kier molecular flexibility index (Phi) is 3.90. The Labute approximate surface area is 123 Å². The third kappa shape index (κ3) is 2.51. The molecule has 1 aliphatic rings. The van der Waals surface area contributed by atoms with E-state index in [9.17, 15) is 4.79 Å². The van der Waals surface area contributed by atoms with Gasteiger partial charge in [-0.05, 0) is 16.3 Å². The summed E-state index contributed by atoms with van der Waals surface area (Å²) in [6, 6.07) is 13.9. The van der Waals surface area contributed by atoms with E-state index in [2.05, 4.69) is 0 Å². The maximum Gasteiger partial charge on any atom is 0.245 e. The number of halogens is 1. The zero-order valence-corrected chi connectivity index (χ0v) is 11.8. The number of alkyl halides is 1. The molecule has 3 rings (SSSR count). The quantitative estimate of drug-likeness (QED) is 0.796. The highest BCUT2D eigenvalue weighted by Crippen LogP contribution is 2.30. The van der Waals surface area contributed by atoms with Gasteiger partial charge in [0.2, 0.25) is 5.91 Å². The molecule has 4 heteroatoms. The van der Waals surface area contributed by atoms with E-state index in [4.69, 9.17) is 16.3 Å². The van der Waals surface area contributed by atoms with E-state index in [-0.39, 0.29) is 5.91 Å². The summed E-state index contributed by atoms with van der Waals surface area (Å²) in [5, 5.41) is 1.50. The normalized spacial score (nSPS) is 17.1. The molecule has 0 N–H and O–H groups in total. The van der Waals surface area contributed by atoms with Gasteiger partial charge in [0.1, 0.15) is 5.38 Å². The van der Waals surface area contributed by atoms with Gasteiger partial charge in [-0.1, -0.05) is 42.5 Å². The van der Waals surface area contributed by atoms with Gasteiger partial charge >= 0.3 is 0 Å². The predicted octanol–water partition coefficient (Wildman–Crippen LogP) is 2.98. The van der Waals surface area contributed by atoms with Crippen LogP contribution in [0.25, 0.3) is 10.8 Å². The molecular formula is C16H16ClNO2. The fourth-order valence-corrected chi connectivity index (χ4v) is 2.88. The number of nitrogens with zero attached hydrogens (tertiary/aromatic N) is 1. The smallest absolute Gasteiger partial charge is 0.245 e. The highest BCUT2D eigenvalue weighted by molar-refractivity contribution is 6.31. The van der Waals surface area contributed by atoms with E-state index in [1.165, 1.54) is 0 Å². The number of morpholine rings is 1. The molecule has 20 heavy (non-hydrogen) atoms. The van der Waals surface area contributed by atoms with Gasteiger partial charge in [0.05, 0.1) is 13.2 Å². The fraction of sp³-hybridized carbons (Fsp3) is 0.312. The second-order valence-electron chi connectivity index (χ2n) is 4.87. The highest BCUT2D eigenvalue weighted by Gasteiger charge is 2.26. The first-order valence-electron chi connectivity index (χ1n) is 6.75. The van der Waals surface area contributed by atoms with Gasteiger partial charge in [0.15, 0.2) is 0 Å². The first-order valence-corrected chi connectivity index (χ1v) is 7.19. The van der Waals surface area contributed by atoms with Crippen LogP contribution in [-0.4, -0.2) is 37.1 Å². The van der Waals surface area contributed by atoms with E-state index in [0.29, 0.717) is 26.3 Å². The van der Waals surface area contributed by atoms with Gasteiger partial charge in [0, 0.05) is 13.1 Å². The van der Waals surface area contributed by atoms with E-state index in [0.717, 1.165) is 16.3 Å². The Morgan fingerprint density at radius 1 is 1.10 bits per heavy atom. The zero-order valence-electron chi connectivity index (χ0n) is 11.1. The Morgan fingerprint density at radius 2 is 1.80 bits per heavy atom. The Bertz CT molecular complexity index is 617. The lowest BCUT2D eigenvalue weighted by atomic mass is 10.0. The number of rotatable bonds is 2. The number of benzene rings is 2. The van der Waals surface area contributed by atoms with Crippen molar-refractivity contribution in [2.75, 3.05) is 26.3 Å². The molecule has 104 valence electrons. The Hall–Kier alpha value is -1.58. The summed E-state index contributed by atoms with van der Waals surface area (Å²) in [4.78, 5) is 14.3. The molecule has 1 amide bonds. The maximum atomic E-state index is 12.5. The number of amides is 1. The van der Waals surface area contributed by atoms with Crippen molar-refractivity contribution < 1.29 is 9.53 Å². The molecule has 2 aromatic carbocycles. The number of carbonyl (C=O) groups is 1. The minimum atomic E-state index is -0.640. The van der Waals surface area contributed by atoms with Gasteiger partial charge in [-0.2, -0.15) is 0 Å². The Morgan fingerprint density at radius 3 is 2.60 bits per heavy atom. The molecule has 0 bridgehead atoms. The van der Waals surface area contributed by atoms with Crippen LogP contribution >= 0.6 is 11.6 Å². The molecular weight excluding hydrogens is 274 g/mol. The summed E-state index contributed by atoms with van der Waals surface area (Å²) in [5.74, 6) is -0.0358. The summed E-state index contributed by atoms with van der Waals surface area (Å²) in [7, 11) is 0. The molecule has 1 aliphatic heterocycles. The largest absolute Gasteiger partial charge is 0.378 e. The lowest BCUT2D eigenvalue weighted by molar-refractivity contribution is -0.134. The predicted molar refractivity (Wildman–Crippen MR) is 79.9 cm³/mol. The molecule has 0 spiro atoms. The summed E-state index contributed by atoms with van der Waals surface area (Å²) in [6.07, 6.45) is 0. The summed E-state index contributed by atoms with van der Waals surface area (Å²) < 4.78 is 5.27. The first kappa shape index (κ1) is 13.4. The van der Waals surface area contributed by atoms with E-state index in [1.807, 2.05) is 42.5 Å². The van der Waals surface area contributed by atoms with Crippen LogP contribution in [0.3, 0.4) is 0 Å². The number of ether oxygens (including phenoxy) is 1. The SMILES string of the molecule is O=C(C(Cl)c1cccc2ccccc12)N1CCOCC1. The van der Waals surface area contributed by atoms with Crippen LogP contribution < -0.4 is 0 Å². The molecule has 3 nitrogen and oxygen atoms in total. The molecule has 1 atom stereocenters. The van der Waals surface area contributed by atoms with Crippen LogP contribution in [0.4, 0.5) is 0 Å². The van der Waals surface area contributed by atoms with Crippen LogP contribution in [0.1, 0.15) is 10.9 Å². The molecule has 1 fully saturated rings. The van der Waals surface area contributed by atoms with Gasteiger partial charge < -0.3 is 9.64 Å². The molecule has 0 aliphatic carbocycles. The van der Waals surface area contributed by atoms with Crippen molar-refractivity contribution >= 4 is 28.3 Å². The second-order valence-corrected chi connectivity index (χ2v) is 5.31. The standard InChI is InChI=1S/C16H16ClNO2/c17-15(16(19)18-8-10-20-11-9-18)14-7-3-5-12-4-1-2-6-13(12)14/h1-7,15H,8-11H2. The van der Waals surface area contributed by atoms with Crippen LogP contribution in [0.15, 0.2) is 42.5 Å². The van der Waals surface area contributed by atoms with Crippen molar-refractivity contribution in [2.45, 2.75) is 5.38 Å². The fourth-order valence-electron chi connectivity index (χ4n) is 2.55. The van der Waals surface area contributed by atoms with E-state index in [1.54, 1.807) is 4.90 Å². The van der Waals surface area contributed by atoms with E-state index < -0.39 is 5.38 Å². The third-order valence-electron chi connectivity index (χ3n) is 3.64. The zero-order chi connectivity index (χ0) is 13.9. The van der Waals surface area contributed by atoms with Crippen LogP contribution in [-0.2, 0) is 9.53 Å². The van der Waals surface area contributed by atoms with Crippen molar-refractivity contribution in [1.82, 2.24) is 4.90 Å². The minimum Gasteiger partial charge on any atom is -0.378 e. The second kappa shape index (κ2) is 5.81. The van der Waals surface area contributed by atoms with Crippen LogP contribution in [0.2, 0.25) is 0 Å². The molecule has 1 unspecified atom stereocenters. The average molecular weight is 290 g/mol. The van der Waals surface area contributed by atoms with Crippen molar-refractivity contribution in [2.24, 2.45) is 0 Å². The average Bonchev–Trinajstić information content (AvgIpc) is 2.54. The number of hydrogen-bond donors (Lipinski definition) is 0. The lowest BCUT2D eigenvalue weighted by Gasteiger charge is -2.29. The van der Waals surface area contributed by atoms with Crippen LogP contribution in [0.5, 0.6) is 0 Å². The molecule has 1 saturated heterocycles. The molecule has 1 heterocycles. The van der Waals surface area contributed by atoms with Crippen molar-refractivity contribution in [3.05, 3.63) is 48.0 Å². The monoisotopic (exact) mass is 289 g/mol. The van der Waals surface area contributed by atoms with Gasteiger partial charge in [-0.25, -0.2) is 0 Å². The lowest BCUT2D eigenvalue weighted by Crippen LogP contribution is -2.42. The Balaban J connectivity index is 1.91. The summed E-state index contributed by atoms with van der Waals surface area (Å²) in [5.41, 5.74) is 0.876. The van der Waals surface area contributed by atoms with Gasteiger partial charge in [-0.15, -0.1) is 11.6 Å².